The maximum absolute atomic E-state index is 8.52. The highest BCUT2D eigenvalue weighted by molar-refractivity contribution is 7.13. The minimum absolute atomic E-state index is 0.123. The van der Waals surface area contributed by atoms with Gasteiger partial charge < -0.3 is 10.9 Å². The van der Waals surface area contributed by atoms with Crippen LogP contribution >= 0.6 is 11.5 Å². The lowest BCUT2D eigenvalue weighted by Gasteiger charge is -1.97. The number of fused-ring (bicyclic) bond motifs is 1. The first-order valence-corrected chi connectivity index (χ1v) is 4.83. The molecule has 0 spiro atoms. The summed E-state index contributed by atoms with van der Waals surface area (Å²) in [5, 5.41) is 12.6. The van der Waals surface area contributed by atoms with Crippen molar-refractivity contribution in [2.75, 3.05) is 0 Å². The first kappa shape index (κ1) is 8.96. The van der Waals surface area contributed by atoms with Gasteiger partial charge in [0, 0.05) is 10.9 Å². The van der Waals surface area contributed by atoms with Crippen molar-refractivity contribution < 1.29 is 5.21 Å². The van der Waals surface area contributed by atoms with Crippen molar-refractivity contribution >= 4 is 27.5 Å². The molecule has 0 saturated carbocycles. The van der Waals surface area contributed by atoms with Crippen LogP contribution in [0.1, 0.15) is 11.3 Å². The van der Waals surface area contributed by atoms with Crippen LogP contribution in [0.3, 0.4) is 0 Å². The minimum atomic E-state index is 0.123. The third kappa shape index (κ3) is 1.31. The second kappa shape index (κ2) is 3.26. The number of amidine groups is 1. The summed E-state index contributed by atoms with van der Waals surface area (Å²) < 4.78 is 5.27. The number of aromatic nitrogens is 1. The normalized spacial score (nSPS) is 12.2. The van der Waals surface area contributed by atoms with E-state index in [-0.39, 0.29) is 5.84 Å². The Morgan fingerprint density at radius 3 is 3.07 bits per heavy atom. The predicted molar refractivity (Wildman–Crippen MR) is 56.9 cm³/mol. The van der Waals surface area contributed by atoms with Gasteiger partial charge in [0.2, 0.25) is 0 Å². The van der Waals surface area contributed by atoms with Crippen LogP contribution in [0.25, 0.3) is 10.1 Å². The van der Waals surface area contributed by atoms with Crippen molar-refractivity contribution in [1.29, 1.82) is 0 Å². The molecule has 72 valence electrons. The molecule has 2 rings (SSSR count). The van der Waals surface area contributed by atoms with Crippen molar-refractivity contribution in [2.45, 2.75) is 6.92 Å². The standard InChI is InChI=1S/C9H9N3OS/c1-5-7-3-2-6(9(10)11-13)4-8(7)14-12-5/h2-4,13H,1H3,(H2,10,11). The topological polar surface area (TPSA) is 71.5 Å². The fourth-order valence-electron chi connectivity index (χ4n) is 1.28. The van der Waals surface area contributed by atoms with Gasteiger partial charge in [0.1, 0.15) is 0 Å². The zero-order valence-corrected chi connectivity index (χ0v) is 8.38. The molecule has 1 heterocycles. The Balaban J connectivity index is 2.63. The molecule has 0 aliphatic heterocycles. The Kier molecular flexibility index (Phi) is 2.09. The summed E-state index contributed by atoms with van der Waals surface area (Å²) >= 11 is 1.41. The van der Waals surface area contributed by atoms with Gasteiger partial charge in [-0.2, -0.15) is 4.37 Å². The van der Waals surface area contributed by atoms with Crippen LogP contribution < -0.4 is 5.73 Å². The van der Waals surface area contributed by atoms with E-state index in [1.807, 2.05) is 25.1 Å². The van der Waals surface area contributed by atoms with E-state index in [0.29, 0.717) is 5.56 Å². The van der Waals surface area contributed by atoms with Gasteiger partial charge in [0.15, 0.2) is 5.84 Å². The zero-order chi connectivity index (χ0) is 10.1. The summed E-state index contributed by atoms with van der Waals surface area (Å²) in [7, 11) is 0. The summed E-state index contributed by atoms with van der Waals surface area (Å²) in [5.74, 6) is 0.123. The largest absolute Gasteiger partial charge is 0.409 e. The van der Waals surface area contributed by atoms with Gasteiger partial charge in [0.25, 0.3) is 0 Å². The highest BCUT2D eigenvalue weighted by atomic mass is 32.1. The SMILES string of the molecule is Cc1nsc2cc(/C(N)=N\O)ccc12. The molecule has 2 aromatic rings. The molecule has 14 heavy (non-hydrogen) atoms. The number of nitrogens with two attached hydrogens (primary N) is 1. The molecule has 0 unspecified atom stereocenters. The molecule has 0 aliphatic carbocycles. The Bertz CT molecular complexity index is 504. The number of aryl methyl sites for hydroxylation is 1. The Hall–Kier alpha value is -1.62. The Morgan fingerprint density at radius 2 is 2.36 bits per heavy atom. The maximum Gasteiger partial charge on any atom is 0.170 e. The number of rotatable bonds is 1. The van der Waals surface area contributed by atoms with Crippen LogP contribution in [0.5, 0.6) is 0 Å². The van der Waals surface area contributed by atoms with Crippen molar-refractivity contribution in [2.24, 2.45) is 10.9 Å². The van der Waals surface area contributed by atoms with E-state index >= 15 is 0 Å². The lowest BCUT2D eigenvalue weighted by atomic mass is 10.1. The van der Waals surface area contributed by atoms with Gasteiger partial charge in [0.05, 0.1) is 10.4 Å². The van der Waals surface area contributed by atoms with Crippen LogP contribution in [0.4, 0.5) is 0 Å². The van der Waals surface area contributed by atoms with E-state index in [4.69, 9.17) is 10.9 Å². The van der Waals surface area contributed by atoms with E-state index in [2.05, 4.69) is 9.53 Å². The number of nitrogens with zero attached hydrogens (tertiary/aromatic N) is 2. The van der Waals surface area contributed by atoms with Crippen LogP contribution in [0, 0.1) is 6.92 Å². The van der Waals surface area contributed by atoms with Crippen LogP contribution in [-0.4, -0.2) is 15.4 Å². The van der Waals surface area contributed by atoms with Gasteiger partial charge in [-0.05, 0) is 24.5 Å². The molecule has 1 aromatic heterocycles. The molecule has 0 bridgehead atoms. The number of hydrogen-bond donors (Lipinski definition) is 2. The van der Waals surface area contributed by atoms with Gasteiger partial charge in [-0.15, -0.1) is 0 Å². The zero-order valence-electron chi connectivity index (χ0n) is 7.56. The van der Waals surface area contributed by atoms with Crippen molar-refractivity contribution in [3.8, 4) is 0 Å². The summed E-state index contributed by atoms with van der Waals surface area (Å²) in [6.45, 7) is 1.96. The average molecular weight is 207 g/mol. The first-order valence-electron chi connectivity index (χ1n) is 4.06. The highest BCUT2D eigenvalue weighted by Crippen LogP contribution is 2.23. The summed E-state index contributed by atoms with van der Waals surface area (Å²) in [6.07, 6.45) is 0. The fourth-order valence-corrected chi connectivity index (χ4v) is 2.11. The van der Waals surface area contributed by atoms with E-state index in [1.165, 1.54) is 11.5 Å². The minimum Gasteiger partial charge on any atom is -0.409 e. The third-order valence-corrected chi connectivity index (χ3v) is 2.96. The smallest absolute Gasteiger partial charge is 0.170 e. The van der Waals surface area contributed by atoms with Gasteiger partial charge in [-0.3, -0.25) is 0 Å². The third-order valence-electron chi connectivity index (χ3n) is 2.06. The summed E-state index contributed by atoms with van der Waals surface area (Å²) in [4.78, 5) is 0. The lowest BCUT2D eigenvalue weighted by molar-refractivity contribution is 0.318. The molecule has 4 nitrogen and oxygen atoms in total. The maximum atomic E-state index is 8.52. The van der Waals surface area contributed by atoms with E-state index in [9.17, 15) is 0 Å². The quantitative estimate of drug-likeness (QED) is 0.323. The fraction of sp³-hybridized carbons (Fsp3) is 0.111. The molecule has 0 fully saturated rings. The summed E-state index contributed by atoms with van der Waals surface area (Å²) in [6, 6.07) is 5.62. The van der Waals surface area contributed by atoms with Crippen molar-refractivity contribution in [3.05, 3.63) is 29.5 Å². The van der Waals surface area contributed by atoms with Crippen LogP contribution in [0.15, 0.2) is 23.4 Å². The predicted octanol–water partition coefficient (Wildman–Crippen LogP) is 1.70. The van der Waals surface area contributed by atoms with E-state index in [0.717, 1.165) is 15.8 Å². The first-order chi connectivity index (χ1) is 6.72. The molecule has 0 radical (unpaired) electrons. The second-order valence-corrected chi connectivity index (χ2v) is 3.77. The molecule has 0 amide bonds. The van der Waals surface area contributed by atoms with Crippen molar-refractivity contribution in [3.63, 3.8) is 0 Å². The van der Waals surface area contributed by atoms with Crippen molar-refractivity contribution in [1.82, 2.24) is 4.37 Å². The molecule has 0 saturated heterocycles. The number of oxime groups is 1. The second-order valence-electron chi connectivity index (χ2n) is 2.96. The molecule has 1 aromatic carbocycles. The van der Waals surface area contributed by atoms with Crippen LogP contribution in [-0.2, 0) is 0 Å². The molecule has 5 heteroatoms. The number of benzene rings is 1. The van der Waals surface area contributed by atoms with Gasteiger partial charge >= 0.3 is 0 Å². The molecule has 0 atom stereocenters. The lowest BCUT2D eigenvalue weighted by Crippen LogP contribution is -2.12. The monoisotopic (exact) mass is 207 g/mol. The molecule has 0 aliphatic rings. The van der Waals surface area contributed by atoms with E-state index < -0.39 is 0 Å². The summed E-state index contributed by atoms with van der Waals surface area (Å²) in [5.41, 5.74) is 7.20. The van der Waals surface area contributed by atoms with Gasteiger partial charge in [-0.1, -0.05) is 17.3 Å². The molecule has 3 N–H and O–H groups in total. The Morgan fingerprint density at radius 1 is 1.57 bits per heavy atom. The van der Waals surface area contributed by atoms with Crippen LogP contribution in [0.2, 0.25) is 0 Å². The highest BCUT2D eigenvalue weighted by Gasteiger charge is 2.04. The Labute approximate surface area is 84.8 Å². The molecular weight excluding hydrogens is 198 g/mol. The van der Waals surface area contributed by atoms with Gasteiger partial charge in [-0.25, -0.2) is 0 Å². The molecular formula is C9H9N3OS. The average Bonchev–Trinajstić information content (AvgIpc) is 2.59. The number of hydrogen-bond acceptors (Lipinski definition) is 4. The van der Waals surface area contributed by atoms with E-state index in [1.54, 1.807) is 0 Å².